The molecule has 0 heterocycles. The van der Waals surface area contributed by atoms with E-state index in [9.17, 15) is 14.9 Å². The molecule has 0 aliphatic heterocycles. The Labute approximate surface area is 118 Å². The molecule has 0 saturated carbocycles. The van der Waals surface area contributed by atoms with E-state index in [2.05, 4.69) is 0 Å². The minimum absolute atomic E-state index is 0.0479. The van der Waals surface area contributed by atoms with Crippen LogP contribution in [0.4, 0.5) is 5.69 Å². The zero-order valence-electron chi connectivity index (χ0n) is 9.58. The van der Waals surface area contributed by atoms with Crippen LogP contribution in [0.3, 0.4) is 0 Å². The number of nitrogens with zero attached hydrogens (tertiary/aromatic N) is 1. The van der Waals surface area contributed by atoms with Crippen molar-refractivity contribution in [1.82, 2.24) is 0 Å². The molecule has 0 unspecified atom stereocenters. The Balaban J connectivity index is 2.21. The van der Waals surface area contributed by atoms with Crippen molar-refractivity contribution in [2.24, 2.45) is 0 Å². The molecule has 0 fully saturated rings. The van der Waals surface area contributed by atoms with Gasteiger partial charge in [-0.3, -0.25) is 14.9 Å². The van der Waals surface area contributed by atoms with E-state index < -0.39 is 4.92 Å². The van der Waals surface area contributed by atoms with Gasteiger partial charge in [0.1, 0.15) is 6.29 Å². The topological polar surface area (TPSA) is 60.2 Å². The Kier molecular flexibility index (Phi) is 4.19. The van der Waals surface area contributed by atoms with Crippen LogP contribution in [0.25, 0.3) is 0 Å². The number of non-ortho nitro benzene ring substituents is 1. The van der Waals surface area contributed by atoms with Crippen molar-refractivity contribution in [3.05, 3.63) is 63.2 Å². The number of rotatable bonds is 4. The first-order valence-electron chi connectivity index (χ1n) is 5.27. The average Bonchev–Trinajstić information content (AvgIpc) is 2.41. The summed E-state index contributed by atoms with van der Waals surface area (Å²) in [7, 11) is 0. The number of aldehydes is 1. The van der Waals surface area contributed by atoms with Gasteiger partial charge in [-0.05, 0) is 24.3 Å². The highest BCUT2D eigenvalue weighted by molar-refractivity contribution is 7.99. The van der Waals surface area contributed by atoms with E-state index in [4.69, 9.17) is 11.6 Å². The molecule has 96 valence electrons. The van der Waals surface area contributed by atoms with Gasteiger partial charge in [0.15, 0.2) is 0 Å². The third kappa shape index (κ3) is 3.33. The van der Waals surface area contributed by atoms with Gasteiger partial charge in [0.2, 0.25) is 0 Å². The smallest absolute Gasteiger partial charge is 0.269 e. The van der Waals surface area contributed by atoms with Crippen LogP contribution in [0, 0.1) is 10.1 Å². The third-order valence-corrected chi connectivity index (χ3v) is 3.88. The van der Waals surface area contributed by atoms with E-state index in [1.807, 2.05) is 0 Å². The molecule has 0 saturated heterocycles. The predicted molar refractivity (Wildman–Crippen MR) is 74.1 cm³/mol. The van der Waals surface area contributed by atoms with E-state index in [1.54, 1.807) is 30.3 Å². The van der Waals surface area contributed by atoms with Crippen LogP contribution in [-0.2, 0) is 0 Å². The maximum atomic E-state index is 10.6. The second-order valence-electron chi connectivity index (χ2n) is 3.66. The van der Waals surface area contributed by atoms with Crippen LogP contribution in [-0.4, -0.2) is 11.2 Å². The summed E-state index contributed by atoms with van der Waals surface area (Å²) in [6.45, 7) is 0. The summed E-state index contributed by atoms with van der Waals surface area (Å²) in [5.74, 6) is 0. The quantitative estimate of drug-likeness (QED) is 0.481. The first kappa shape index (κ1) is 13.6. The Hall–Kier alpha value is -1.85. The van der Waals surface area contributed by atoms with Crippen molar-refractivity contribution in [2.45, 2.75) is 9.79 Å². The van der Waals surface area contributed by atoms with Gasteiger partial charge in [-0.1, -0.05) is 29.4 Å². The number of carbonyl (C=O) groups is 1. The van der Waals surface area contributed by atoms with Crippen LogP contribution in [0.2, 0.25) is 5.02 Å². The maximum Gasteiger partial charge on any atom is 0.269 e. The molecule has 0 radical (unpaired) electrons. The number of benzene rings is 2. The van der Waals surface area contributed by atoms with Crippen LogP contribution >= 0.6 is 23.4 Å². The molecule has 2 aromatic rings. The van der Waals surface area contributed by atoms with E-state index in [0.717, 1.165) is 16.1 Å². The van der Waals surface area contributed by atoms with Crippen molar-refractivity contribution >= 4 is 35.3 Å². The van der Waals surface area contributed by atoms with Gasteiger partial charge >= 0.3 is 0 Å². The van der Waals surface area contributed by atoms with Gasteiger partial charge in [-0.15, -0.1) is 0 Å². The third-order valence-electron chi connectivity index (χ3n) is 2.37. The highest BCUT2D eigenvalue weighted by atomic mass is 35.5. The predicted octanol–water partition coefficient (Wildman–Crippen LogP) is 4.21. The molecule has 6 heteroatoms. The monoisotopic (exact) mass is 293 g/mol. The molecule has 0 amide bonds. The summed E-state index contributed by atoms with van der Waals surface area (Å²) in [5, 5.41) is 11.0. The second-order valence-corrected chi connectivity index (χ2v) is 5.18. The van der Waals surface area contributed by atoms with Crippen molar-refractivity contribution in [2.75, 3.05) is 0 Å². The van der Waals surface area contributed by atoms with Gasteiger partial charge in [0, 0.05) is 27.5 Å². The van der Waals surface area contributed by atoms with E-state index in [0.29, 0.717) is 10.6 Å². The zero-order chi connectivity index (χ0) is 13.8. The lowest BCUT2D eigenvalue weighted by molar-refractivity contribution is -0.384. The molecule has 0 aliphatic rings. The normalized spacial score (nSPS) is 10.2. The molecule has 0 bridgehead atoms. The molecule has 19 heavy (non-hydrogen) atoms. The minimum atomic E-state index is -0.444. The first-order valence-corrected chi connectivity index (χ1v) is 6.46. The average molecular weight is 294 g/mol. The SMILES string of the molecule is O=Cc1ccc(Sc2ccc([N+](=O)[O-])cc2)c(Cl)c1. The fourth-order valence-electron chi connectivity index (χ4n) is 1.44. The highest BCUT2D eigenvalue weighted by Crippen LogP contribution is 2.34. The lowest BCUT2D eigenvalue weighted by atomic mass is 10.2. The number of carbonyl (C=O) groups excluding carboxylic acids is 1. The van der Waals surface area contributed by atoms with E-state index in [1.165, 1.54) is 23.9 Å². The van der Waals surface area contributed by atoms with Gasteiger partial charge < -0.3 is 0 Å². The molecule has 0 spiro atoms. The van der Waals surface area contributed by atoms with E-state index >= 15 is 0 Å². The molecule has 2 aromatic carbocycles. The number of hydrogen-bond acceptors (Lipinski definition) is 4. The van der Waals surface area contributed by atoms with Crippen molar-refractivity contribution in [1.29, 1.82) is 0 Å². The first-order chi connectivity index (χ1) is 9.10. The van der Waals surface area contributed by atoms with Crippen LogP contribution in [0.1, 0.15) is 10.4 Å². The van der Waals surface area contributed by atoms with Crippen LogP contribution in [0.15, 0.2) is 52.3 Å². The summed E-state index contributed by atoms with van der Waals surface area (Å²) >= 11 is 7.44. The van der Waals surface area contributed by atoms with Gasteiger partial charge in [0.05, 0.1) is 9.95 Å². The fraction of sp³-hybridized carbons (Fsp3) is 0. The molecule has 0 aromatic heterocycles. The van der Waals surface area contributed by atoms with Gasteiger partial charge in [-0.25, -0.2) is 0 Å². The zero-order valence-corrected chi connectivity index (χ0v) is 11.1. The van der Waals surface area contributed by atoms with Crippen LogP contribution in [0.5, 0.6) is 0 Å². The maximum absolute atomic E-state index is 10.6. The van der Waals surface area contributed by atoms with Crippen molar-refractivity contribution in [3.63, 3.8) is 0 Å². The number of nitro benzene ring substituents is 1. The highest BCUT2D eigenvalue weighted by Gasteiger charge is 2.07. The molecule has 0 aliphatic carbocycles. The lowest BCUT2D eigenvalue weighted by Crippen LogP contribution is -1.86. The summed E-state index contributed by atoms with van der Waals surface area (Å²) in [6, 6.07) is 11.2. The van der Waals surface area contributed by atoms with Gasteiger partial charge in [0.25, 0.3) is 5.69 Å². The standard InChI is InChI=1S/C13H8ClNO3S/c14-12-7-9(8-16)1-6-13(12)19-11-4-2-10(3-5-11)15(17)18/h1-8H. The molecule has 0 atom stereocenters. The number of hydrogen-bond donors (Lipinski definition) is 0. The Morgan fingerprint density at radius 3 is 2.37 bits per heavy atom. The van der Waals surface area contributed by atoms with Gasteiger partial charge in [-0.2, -0.15) is 0 Å². The number of nitro groups is 1. The summed E-state index contributed by atoms with van der Waals surface area (Å²) in [4.78, 5) is 22.3. The van der Waals surface area contributed by atoms with E-state index in [-0.39, 0.29) is 5.69 Å². The molecule has 0 N–H and O–H groups in total. The molecular weight excluding hydrogens is 286 g/mol. The summed E-state index contributed by atoms with van der Waals surface area (Å²) in [5.41, 5.74) is 0.560. The number of halogens is 1. The molecule has 4 nitrogen and oxygen atoms in total. The van der Waals surface area contributed by atoms with Crippen LogP contribution < -0.4 is 0 Å². The van der Waals surface area contributed by atoms with Crippen molar-refractivity contribution < 1.29 is 9.72 Å². The summed E-state index contributed by atoms with van der Waals surface area (Å²) < 4.78 is 0. The second kappa shape index (κ2) is 5.86. The Bertz CT molecular complexity index is 628. The summed E-state index contributed by atoms with van der Waals surface area (Å²) in [6.07, 6.45) is 0.728. The fourth-order valence-corrected chi connectivity index (χ4v) is 2.56. The van der Waals surface area contributed by atoms with Crippen molar-refractivity contribution in [3.8, 4) is 0 Å². The molecule has 2 rings (SSSR count). The Morgan fingerprint density at radius 1 is 1.16 bits per heavy atom. The molecular formula is C13H8ClNO3S. The lowest BCUT2D eigenvalue weighted by Gasteiger charge is -2.04. The largest absolute Gasteiger partial charge is 0.298 e. The minimum Gasteiger partial charge on any atom is -0.298 e. The Morgan fingerprint density at radius 2 is 1.84 bits per heavy atom.